The first-order valence-corrected chi connectivity index (χ1v) is 21.1. The lowest BCUT2D eigenvalue weighted by Gasteiger charge is -2.36. The molecule has 0 spiro atoms. The average molecular weight is 777 g/mol. The highest BCUT2D eigenvalue weighted by Crippen LogP contribution is 2.60. The lowest BCUT2D eigenvalue weighted by Crippen LogP contribution is -2.28. The quantitative estimate of drug-likeness (QED) is 0.156. The maximum atomic E-state index is 2.57. The highest BCUT2D eigenvalue weighted by atomic mass is 15.2. The molecule has 0 amide bonds. The van der Waals surface area contributed by atoms with E-state index in [0.29, 0.717) is 0 Å². The summed E-state index contributed by atoms with van der Waals surface area (Å²) < 4.78 is 2.42. The van der Waals surface area contributed by atoms with E-state index in [-0.39, 0.29) is 0 Å². The maximum Gasteiger partial charge on any atom is 0.0714 e. The van der Waals surface area contributed by atoms with Crippen molar-refractivity contribution in [1.29, 1.82) is 0 Å². The Morgan fingerprint density at radius 1 is 0.344 bits per heavy atom. The van der Waals surface area contributed by atoms with Crippen LogP contribution < -0.4 is 4.90 Å². The van der Waals surface area contributed by atoms with Crippen LogP contribution in [0.15, 0.2) is 243 Å². The van der Waals surface area contributed by atoms with Gasteiger partial charge in [0.15, 0.2) is 0 Å². The number of rotatable bonds is 7. The first kappa shape index (κ1) is 35.0. The van der Waals surface area contributed by atoms with Crippen LogP contribution in [0, 0.1) is 0 Å². The van der Waals surface area contributed by atoms with Gasteiger partial charge in [-0.1, -0.05) is 200 Å². The predicted octanol–water partition coefficient (Wildman–Crippen LogP) is 15.4. The zero-order valence-corrected chi connectivity index (χ0v) is 33.5. The van der Waals surface area contributed by atoms with E-state index >= 15 is 0 Å². The lowest BCUT2D eigenvalue weighted by molar-refractivity contribution is 0.769. The van der Waals surface area contributed by atoms with Crippen LogP contribution in [-0.2, 0) is 5.41 Å². The van der Waals surface area contributed by atoms with E-state index in [1.807, 2.05) is 0 Å². The topological polar surface area (TPSA) is 8.17 Å². The van der Waals surface area contributed by atoms with E-state index in [1.165, 1.54) is 66.0 Å². The van der Waals surface area contributed by atoms with Crippen LogP contribution >= 0.6 is 0 Å². The fourth-order valence-corrected chi connectivity index (χ4v) is 10.4. The van der Waals surface area contributed by atoms with Crippen LogP contribution in [0.5, 0.6) is 0 Å². The van der Waals surface area contributed by atoms with Gasteiger partial charge in [0.25, 0.3) is 0 Å². The van der Waals surface area contributed by atoms with Crippen LogP contribution in [-0.4, -0.2) is 4.57 Å². The van der Waals surface area contributed by atoms with Crippen molar-refractivity contribution >= 4 is 49.6 Å². The molecule has 0 unspecified atom stereocenters. The molecule has 1 aliphatic rings. The smallest absolute Gasteiger partial charge is 0.0714 e. The zero-order chi connectivity index (χ0) is 40.3. The number of para-hydroxylation sites is 3. The minimum absolute atomic E-state index is 0.576. The molecule has 0 atom stereocenters. The number of aromatic nitrogens is 1. The van der Waals surface area contributed by atoms with Gasteiger partial charge in [-0.05, 0) is 86.8 Å². The van der Waals surface area contributed by atoms with Crippen molar-refractivity contribution in [2.45, 2.75) is 5.41 Å². The highest BCUT2D eigenvalue weighted by Gasteiger charge is 2.47. The summed E-state index contributed by atoms with van der Waals surface area (Å²) in [4.78, 5) is 2.57. The maximum absolute atomic E-state index is 2.57. The van der Waals surface area contributed by atoms with E-state index in [0.717, 1.165) is 33.8 Å². The SMILES string of the molecule is c1ccc(-c2ccccc2N(c2cc3c(c4ccccc24)-c2ccccc2C3(c2ccccc2)c2ccccc2)c2cccc3c2c2ccccc2n3-c2ccccc2)cc1. The monoisotopic (exact) mass is 776 g/mol. The molecule has 12 rings (SSSR count). The Balaban J connectivity index is 1.26. The number of hydrogen-bond acceptors (Lipinski definition) is 1. The molecule has 0 fully saturated rings. The van der Waals surface area contributed by atoms with E-state index < -0.39 is 5.41 Å². The van der Waals surface area contributed by atoms with Gasteiger partial charge in [0.2, 0.25) is 0 Å². The Labute approximate surface area is 355 Å². The highest BCUT2D eigenvalue weighted by molar-refractivity contribution is 6.19. The summed E-state index contributed by atoms with van der Waals surface area (Å²) in [5.41, 5.74) is 16.2. The van der Waals surface area contributed by atoms with Gasteiger partial charge in [0.05, 0.1) is 33.5 Å². The van der Waals surface area contributed by atoms with Gasteiger partial charge in [-0.3, -0.25) is 0 Å². The lowest BCUT2D eigenvalue weighted by atomic mass is 9.67. The fraction of sp³-hybridized carbons (Fsp3) is 0.0169. The Morgan fingerprint density at radius 3 is 1.59 bits per heavy atom. The second-order valence-corrected chi connectivity index (χ2v) is 16.0. The van der Waals surface area contributed by atoms with E-state index in [4.69, 9.17) is 0 Å². The average Bonchev–Trinajstić information content (AvgIpc) is 3.84. The first-order valence-electron chi connectivity index (χ1n) is 21.1. The first-order chi connectivity index (χ1) is 30.3. The Hall–Kier alpha value is -7.94. The van der Waals surface area contributed by atoms with Crippen molar-refractivity contribution in [3.8, 4) is 27.9 Å². The predicted molar refractivity (Wildman–Crippen MR) is 256 cm³/mol. The number of benzene rings is 10. The van der Waals surface area contributed by atoms with Gasteiger partial charge in [-0.2, -0.15) is 0 Å². The minimum Gasteiger partial charge on any atom is -0.309 e. The summed E-state index contributed by atoms with van der Waals surface area (Å²) in [6, 6.07) is 89.2. The summed E-state index contributed by atoms with van der Waals surface area (Å²) in [6.45, 7) is 0. The summed E-state index contributed by atoms with van der Waals surface area (Å²) in [5.74, 6) is 0. The van der Waals surface area contributed by atoms with Gasteiger partial charge in [0.1, 0.15) is 0 Å². The molecular formula is C59H40N2. The molecule has 0 N–H and O–H groups in total. The number of anilines is 3. The third kappa shape index (κ3) is 5.22. The van der Waals surface area contributed by atoms with Crippen molar-refractivity contribution in [2.75, 3.05) is 4.90 Å². The standard InChI is InChI=1S/C59H40N2/c1-5-22-41(23-6-1)45-30-16-19-36-52(45)61(55-39-21-38-54-58(55)49-34-17-20-37-53(49)60(54)44-28-11-4-12-29-44)56-40-51-57(47-32-14-13-31-46(47)56)48-33-15-18-35-50(48)59(51,42-24-7-2-8-25-42)43-26-9-3-10-27-43/h1-40H. The van der Waals surface area contributed by atoms with E-state index in [9.17, 15) is 0 Å². The van der Waals surface area contributed by atoms with Crippen LogP contribution in [0.25, 0.3) is 60.5 Å². The summed E-state index contributed by atoms with van der Waals surface area (Å²) in [6.07, 6.45) is 0. The minimum atomic E-state index is -0.576. The molecule has 0 radical (unpaired) electrons. The molecule has 1 aromatic heterocycles. The third-order valence-electron chi connectivity index (χ3n) is 12.8. The third-order valence-corrected chi connectivity index (χ3v) is 12.8. The fourth-order valence-electron chi connectivity index (χ4n) is 10.4. The van der Waals surface area contributed by atoms with E-state index in [2.05, 4.69) is 252 Å². The Kier molecular flexibility index (Phi) is 8.11. The molecule has 2 heteroatoms. The van der Waals surface area contributed by atoms with E-state index in [1.54, 1.807) is 0 Å². The molecule has 0 bridgehead atoms. The molecule has 2 nitrogen and oxygen atoms in total. The van der Waals surface area contributed by atoms with Crippen molar-refractivity contribution < 1.29 is 0 Å². The van der Waals surface area contributed by atoms with Crippen molar-refractivity contribution in [1.82, 2.24) is 4.57 Å². The summed E-state index contributed by atoms with van der Waals surface area (Å²) >= 11 is 0. The van der Waals surface area contributed by atoms with Gasteiger partial charge in [-0.25, -0.2) is 0 Å². The number of fused-ring (bicyclic) bond motifs is 8. The van der Waals surface area contributed by atoms with Crippen LogP contribution in [0.3, 0.4) is 0 Å². The van der Waals surface area contributed by atoms with Crippen LogP contribution in [0.1, 0.15) is 22.3 Å². The molecule has 286 valence electrons. The van der Waals surface area contributed by atoms with Gasteiger partial charge >= 0.3 is 0 Å². The second-order valence-electron chi connectivity index (χ2n) is 16.0. The molecular weight excluding hydrogens is 737 g/mol. The molecule has 1 aliphatic carbocycles. The largest absolute Gasteiger partial charge is 0.309 e. The van der Waals surface area contributed by atoms with Crippen LogP contribution in [0.2, 0.25) is 0 Å². The summed E-state index contributed by atoms with van der Waals surface area (Å²) in [7, 11) is 0. The van der Waals surface area contributed by atoms with Gasteiger partial charge in [0, 0.05) is 27.4 Å². The Morgan fingerprint density at radius 2 is 0.869 bits per heavy atom. The molecule has 11 aromatic rings. The molecule has 1 heterocycles. The molecule has 10 aromatic carbocycles. The van der Waals surface area contributed by atoms with Crippen molar-refractivity contribution in [3.05, 3.63) is 265 Å². The summed E-state index contributed by atoms with van der Waals surface area (Å²) in [5, 5.41) is 4.84. The van der Waals surface area contributed by atoms with Gasteiger partial charge in [-0.15, -0.1) is 0 Å². The van der Waals surface area contributed by atoms with Crippen LogP contribution in [0.4, 0.5) is 17.1 Å². The normalized spacial score (nSPS) is 12.7. The zero-order valence-electron chi connectivity index (χ0n) is 33.5. The van der Waals surface area contributed by atoms with Crippen molar-refractivity contribution in [2.24, 2.45) is 0 Å². The molecule has 61 heavy (non-hydrogen) atoms. The number of nitrogens with zero attached hydrogens (tertiary/aromatic N) is 2. The molecule has 0 saturated heterocycles. The number of hydrogen-bond donors (Lipinski definition) is 0. The second kappa shape index (κ2) is 14.1. The Bertz CT molecular complexity index is 3360. The van der Waals surface area contributed by atoms with Gasteiger partial charge < -0.3 is 9.47 Å². The molecule has 0 aliphatic heterocycles. The van der Waals surface area contributed by atoms with Crippen molar-refractivity contribution in [3.63, 3.8) is 0 Å². The molecule has 0 saturated carbocycles.